The van der Waals surface area contributed by atoms with Crippen molar-refractivity contribution < 1.29 is 23.5 Å². The molecular formula is C23H18N2O5S. The van der Waals surface area contributed by atoms with E-state index in [9.17, 15) is 14.7 Å². The van der Waals surface area contributed by atoms with E-state index in [0.717, 1.165) is 22.2 Å². The summed E-state index contributed by atoms with van der Waals surface area (Å²) in [6.07, 6.45) is 2.34. The van der Waals surface area contributed by atoms with E-state index in [4.69, 9.17) is 8.83 Å². The van der Waals surface area contributed by atoms with Gasteiger partial charge in [-0.05, 0) is 55.3 Å². The van der Waals surface area contributed by atoms with Gasteiger partial charge < -0.3 is 13.9 Å². The van der Waals surface area contributed by atoms with Crippen molar-refractivity contribution in [3.05, 3.63) is 82.9 Å². The van der Waals surface area contributed by atoms with Crippen molar-refractivity contribution in [1.82, 2.24) is 4.98 Å². The van der Waals surface area contributed by atoms with Gasteiger partial charge >= 0.3 is 0 Å². The Hall–Kier alpha value is -3.65. The summed E-state index contributed by atoms with van der Waals surface area (Å²) < 4.78 is 11.9. The number of amides is 1. The molecule has 0 unspecified atom stereocenters. The Bertz CT molecular complexity index is 1350. The standard InChI is InChI=1S/C23H18N2O5S/c1-3-13-7-8-14-17(11-13)31-23(24-14)25-19(15-5-4-10-29-15)18(21(27)22(25)28)20(26)16-9-6-12(2)30-16/h4-11,19,27H,3H2,1-2H3/t19-/m1/s1. The Morgan fingerprint density at radius 1 is 1.26 bits per heavy atom. The fourth-order valence-corrected chi connectivity index (χ4v) is 4.78. The maximum Gasteiger partial charge on any atom is 0.296 e. The van der Waals surface area contributed by atoms with Crippen molar-refractivity contribution in [1.29, 1.82) is 0 Å². The number of aryl methyl sites for hydroxylation is 2. The number of hydrogen-bond donors (Lipinski definition) is 1. The van der Waals surface area contributed by atoms with Crippen LogP contribution in [0.4, 0.5) is 5.13 Å². The van der Waals surface area contributed by atoms with Gasteiger partial charge in [0.15, 0.2) is 16.7 Å². The molecule has 5 rings (SSSR count). The molecule has 0 aliphatic carbocycles. The van der Waals surface area contributed by atoms with Crippen LogP contribution in [0.3, 0.4) is 0 Å². The minimum absolute atomic E-state index is 0.0437. The van der Waals surface area contributed by atoms with Gasteiger partial charge in [-0.2, -0.15) is 0 Å². The Kier molecular flexibility index (Phi) is 4.51. The van der Waals surface area contributed by atoms with Crippen molar-refractivity contribution in [3.8, 4) is 0 Å². The van der Waals surface area contributed by atoms with Crippen molar-refractivity contribution in [2.75, 3.05) is 4.90 Å². The molecule has 1 amide bonds. The summed E-state index contributed by atoms with van der Waals surface area (Å²) >= 11 is 1.32. The molecule has 8 heteroatoms. The molecule has 1 N–H and O–H groups in total. The molecule has 0 bridgehead atoms. The number of aromatic nitrogens is 1. The van der Waals surface area contributed by atoms with Crippen molar-refractivity contribution in [2.24, 2.45) is 0 Å². The van der Waals surface area contributed by atoms with Crippen LogP contribution in [0.1, 0.15) is 40.6 Å². The van der Waals surface area contributed by atoms with Gasteiger partial charge in [-0.1, -0.05) is 24.3 Å². The number of aliphatic hydroxyl groups excluding tert-OH is 1. The number of ketones is 1. The van der Waals surface area contributed by atoms with E-state index in [-0.39, 0.29) is 11.3 Å². The second-order valence-electron chi connectivity index (χ2n) is 7.25. The van der Waals surface area contributed by atoms with Crippen LogP contribution in [0, 0.1) is 6.92 Å². The first kappa shape index (κ1) is 19.3. The monoisotopic (exact) mass is 434 g/mol. The van der Waals surface area contributed by atoms with Crippen LogP contribution in [0.5, 0.6) is 0 Å². The molecule has 0 saturated heterocycles. The molecular weight excluding hydrogens is 416 g/mol. The summed E-state index contributed by atoms with van der Waals surface area (Å²) in [4.78, 5) is 32.2. The molecule has 1 aromatic carbocycles. The number of benzene rings is 1. The highest BCUT2D eigenvalue weighted by molar-refractivity contribution is 7.22. The number of carbonyl (C=O) groups is 2. The van der Waals surface area contributed by atoms with Crippen LogP contribution >= 0.6 is 11.3 Å². The zero-order chi connectivity index (χ0) is 21.7. The van der Waals surface area contributed by atoms with Crippen molar-refractivity contribution in [2.45, 2.75) is 26.3 Å². The predicted molar refractivity (Wildman–Crippen MR) is 115 cm³/mol. The van der Waals surface area contributed by atoms with Gasteiger partial charge in [-0.15, -0.1) is 0 Å². The van der Waals surface area contributed by atoms with Crippen LogP contribution < -0.4 is 4.90 Å². The lowest BCUT2D eigenvalue weighted by atomic mass is 10.00. The Morgan fingerprint density at radius 2 is 2.10 bits per heavy atom. The SMILES string of the molecule is CCc1ccc2nc(N3C(=O)C(O)=C(C(=O)c4ccc(C)o4)[C@H]3c3ccco3)sc2c1. The maximum absolute atomic E-state index is 13.2. The summed E-state index contributed by atoms with van der Waals surface area (Å²) in [5.41, 5.74) is 1.80. The molecule has 4 aromatic rings. The lowest BCUT2D eigenvalue weighted by Crippen LogP contribution is -2.30. The smallest absolute Gasteiger partial charge is 0.296 e. The van der Waals surface area contributed by atoms with E-state index in [1.807, 2.05) is 18.2 Å². The number of fused-ring (bicyclic) bond motifs is 1. The molecule has 0 radical (unpaired) electrons. The first-order valence-electron chi connectivity index (χ1n) is 9.78. The number of nitrogens with zero attached hydrogens (tertiary/aromatic N) is 2. The Morgan fingerprint density at radius 3 is 2.77 bits per heavy atom. The highest BCUT2D eigenvalue weighted by Gasteiger charge is 2.47. The average Bonchev–Trinajstić information content (AvgIpc) is 3.54. The fraction of sp³-hybridized carbons (Fsp3) is 0.174. The first-order chi connectivity index (χ1) is 15.0. The van der Waals surface area contributed by atoms with E-state index < -0.39 is 23.5 Å². The van der Waals surface area contributed by atoms with Gasteiger partial charge in [-0.25, -0.2) is 4.98 Å². The molecule has 0 spiro atoms. The molecule has 4 heterocycles. The van der Waals surface area contributed by atoms with Gasteiger partial charge in [-0.3, -0.25) is 14.5 Å². The zero-order valence-corrected chi connectivity index (χ0v) is 17.6. The molecule has 3 aromatic heterocycles. The van der Waals surface area contributed by atoms with Crippen LogP contribution in [0.15, 0.2) is 68.9 Å². The normalized spacial score (nSPS) is 16.6. The van der Waals surface area contributed by atoms with Crippen LogP contribution in [0.2, 0.25) is 0 Å². The topological polar surface area (TPSA) is 96.8 Å². The van der Waals surface area contributed by atoms with E-state index in [2.05, 4.69) is 11.9 Å². The Balaban J connectivity index is 1.64. The number of thiazole rings is 1. The average molecular weight is 434 g/mol. The lowest BCUT2D eigenvalue weighted by Gasteiger charge is -2.21. The highest BCUT2D eigenvalue weighted by Crippen LogP contribution is 2.44. The molecule has 1 aliphatic heterocycles. The number of furan rings is 2. The zero-order valence-electron chi connectivity index (χ0n) is 16.8. The number of hydrogen-bond acceptors (Lipinski definition) is 7. The van der Waals surface area contributed by atoms with Gasteiger partial charge in [0, 0.05) is 0 Å². The van der Waals surface area contributed by atoms with E-state index >= 15 is 0 Å². The van der Waals surface area contributed by atoms with E-state index in [1.165, 1.54) is 28.6 Å². The van der Waals surface area contributed by atoms with Crippen LogP contribution in [-0.4, -0.2) is 21.8 Å². The summed E-state index contributed by atoms with van der Waals surface area (Å²) in [7, 11) is 0. The second-order valence-corrected chi connectivity index (χ2v) is 8.26. The fourth-order valence-electron chi connectivity index (χ4n) is 3.72. The summed E-state index contributed by atoms with van der Waals surface area (Å²) in [5, 5.41) is 11.1. The maximum atomic E-state index is 13.2. The minimum atomic E-state index is -0.952. The largest absolute Gasteiger partial charge is 0.503 e. The lowest BCUT2D eigenvalue weighted by molar-refractivity contribution is -0.117. The first-order valence-corrected chi connectivity index (χ1v) is 10.6. The molecule has 1 atom stereocenters. The molecule has 0 saturated carbocycles. The van der Waals surface area contributed by atoms with Gasteiger partial charge in [0.2, 0.25) is 5.78 Å². The van der Waals surface area contributed by atoms with Gasteiger partial charge in [0.25, 0.3) is 5.91 Å². The number of rotatable bonds is 5. The number of carbonyl (C=O) groups excluding carboxylic acids is 2. The number of Topliss-reactive ketones (excluding diaryl/α,β-unsaturated/α-hetero) is 1. The summed E-state index contributed by atoms with van der Waals surface area (Å²) in [6, 6.07) is 11.5. The highest BCUT2D eigenvalue weighted by atomic mass is 32.1. The summed E-state index contributed by atoms with van der Waals surface area (Å²) in [6.45, 7) is 3.78. The van der Waals surface area contributed by atoms with Crippen molar-refractivity contribution >= 4 is 38.4 Å². The van der Waals surface area contributed by atoms with Crippen LogP contribution in [-0.2, 0) is 11.2 Å². The molecule has 0 fully saturated rings. The predicted octanol–water partition coefficient (Wildman–Crippen LogP) is 5.14. The molecule has 1 aliphatic rings. The van der Waals surface area contributed by atoms with Crippen molar-refractivity contribution in [3.63, 3.8) is 0 Å². The molecule has 31 heavy (non-hydrogen) atoms. The summed E-state index contributed by atoms with van der Waals surface area (Å²) in [5.74, 6) is -0.967. The number of aliphatic hydroxyl groups is 1. The van der Waals surface area contributed by atoms with E-state index in [0.29, 0.717) is 16.7 Å². The third kappa shape index (κ3) is 3.07. The third-order valence-electron chi connectivity index (χ3n) is 5.29. The van der Waals surface area contributed by atoms with E-state index in [1.54, 1.807) is 25.1 Å². The number of anilines is 1. The molecule has 7 nitrogen and oxygen atoms in total. The van der Waals surface area contributed by atoms with Gasteiger partial charge in [0.05, 0.1) is 22.1 Å². The molecule has 156 valence electrons. The Labute approximate surface area is 181 Å². The van der Waals surface area contributed by atoms with Crippen LogP contribution in [0.25, 0.3) is 10.2 Å². The quantitative estimate of drug-likeness (QED) is 0.437. The third-order valence-corrected chi connectivity index (χ3v) is 6.30. The second kappa shape index (κ2) is 7.24. The minimum Gasteiger partial charge on any atom is -0.503 e. The van der Waals surface area contributed by atoms with Gasteiger partial charge in [0.1, 0.15) is 17.6 Å².